The molecule has 0 fully saturated rings. The number of likely N-dealkylation sites (N-methyl/N-ethyl adjacent to an activating group) is 1. The molecule has 1 rings (SSSR count). The summed E-state index contributed by atoms with van der Waals surface area (Å²) < 4.78 is 0. The van der Waals surface area contributed by atoms with E-state index in [1.165, 1.54) is 11.8 Å². The Morgan fingerprint density at radius 3 is 2.72 bits per heavy atom. The summed E-state index contributed by atoms with van der Waals surface area (Å²) in [5.74, 6) is 1.05. The maximum atomic E-state index is 10.2. The standard InChI is InChI=1S/C11H21N5OS/c1-11(17,7-16(2)3)6-13-9-5-8(12)14-10(15-9)18-4/h5,17H,6-7H2,1-4H3,(H3,12,13,14,15). The Morgan fingerprint density at radius 2 is 2.17 bits per heavy atom. The molecule has 4 N–H and O–H groups in total. The largest absolute Gasteiger partial charge is 0.387 e. The fourth-order valence-corrected chi connectivity index (χ4v) is 2.03. The molecule has 1 atom stereocenters. The van der Waals surface area contributed by atoms with Gasteiger partial charge in [0, 0.05) is 19.2 Å². The first-order valence-electron chi connectivity index (χ1n) is 5.62. The second-order valence-electron chi connectivity index (χ2n) is 4.75. The minimum absolute atomic E-state index is 0.398. The first kappa shape index (κ1) is 15.0. The first-order chi connectivity index (χ1) is 8.32. The molecule has 0 saturated heterocycles. The van der Waals surface area contributed by atoms with E-state index in [1.807, 2.05) is 25.3 Å². The molecule has 1 heterocycles. The van der Waals surface area contributed by atoms with Crippen molar-refractivity contribution in [1.82, 2.24) is 14.9 Å². The minimum atomic E-state index is -0.831. The molecular weight excluding hydrogens is 250 g/mol. The van der Waals surface area contributed by atoms with Crippen molar-refractivity contribution < 1.29 is 5.11 Å². The predicted octanol–water partition coefficient (Wildman–Crippen LogP) is 0.505. The molecule has 7 heteroatoms. The van der Waals surface area contributed by atoms with Crippen LogP contribution in [0.2, 0.25) is 0 Å². The summed E-state index contributed by atoms with van der Waals surface area (Å²) >= 11 is 1.43. The highest BCUT2D eigenvalue weighted by Gasteiger charge is 2.21. The summed E-state index contributed by atoms with van der Waals surface area (Å²) in [6.45, 7) is 2.74. The number of hydrogen-bond acceptors (Lipinski definition) is 7. The molecule has 6 nitrogen and oxygen atoms in total. The van der Waals surface area contributed by atoms with E-state index in [-0.39, 0.29) is 0 Å². The lowest BCUT2D eigenvalue weighted by atomic mass is 10.1. The van der Waals surface area contributed by atoms with Gasteiger partial charge in [-0.15, -0.1) is 0 Å². The number of nitrogens with one attached hydrogen (secondary N) is 1. The lowest BCUT2D eigenvalue weighted by Gasteiger charge is -2.27. The van der Waals surface area contributed by atoms with Gasteiger partial charge in [0.15, 0.2) is 5.16 Å². The molecule has 1 aromatic rings. The van der Waals surface area contributed by atoms with Gasteiger partial charge in [0.1, 0.15) is 11.6 Å². The summed E-state index contributed by atoms with van der Waals surface area (Å²) in [5, 5.41) is 13.9. The van der Waals surface area contributed by atoms with Crippen LogP contribution in [0.3, 0.4) is 0 Å². The van der Waals surface area contributed by atoms with Gasteiger partial charge in [-0.3, -0.25) is 0 Å². The molecular formula is C11H21N5OS. The molecule has 0 aliphatic carbocycles. The maximum absolute atomic E-state index is 10.2. The van der Waals surface area contributed by atoms with E-state index in [0.717, 1.165) is 0 Å². The Bertz CT molecular complexity index is 397. The zero-order valence-corrected chi connectivity index (χ0v) is 12.1. The Morgan fingerprint density at radius 1 is 1.50 bits per heavy atom. The first-order valence-corrected chi connectivity index (χ1v) is 6.84. The van der Waals surface area contributed by atoms with Crippen LogP contribution < -0.4 is 11.1 Å². The fraction of sp³-hybridized carbons (Fsp3) is 0.636. The number of thioether (sulfide) groups is 1. The second-order valence-corrected chi connectivity index (χ2v) is 5.53. The van der Waals surface area contributed by atoms with Gasteiger partial charge in [-0.2, -0.15) is 0 Å². The zero-order chi connectivity index (χ0) is 13.8. The van der Waals surface area contributed by atoms with Crippen LogP contribution in [-0.2, 0) is 0 Å². The topological polar surface area (TPSA) is 87.3 Å². The number of anilines is 2. The summed E-state index contributed by atoms with van der Waals surface area (Å²) in [5.41, 5.74) is 4.85. The Labute approximate surface area is 112 Å². The highest BCUT2D eigenvalue weighted by molar-refractivity contribution is 7.98. The van der Waals surface area contributed by atoms with Gasteiger partial charge < -0.3 is 21.1 Å². The number of aromatic nitrogens is 2. The van der Waals surface area contributed by atoms with Gasteiger partial charge >= 0.3 is 0 Å². The van der Waals surface area contributed by atoms with Crippen molar-refractivity contribution in [2.75, 3.05) is 44.5 Å². The van der Waals surface area contributed by atoms with Crippen LogP contribution in [0.5, 0.6) is 0 Å². The minimum Gasteiger partial charge on any atom is -0.387 e. The van der Waals surface area contributed by atoms with E-state index < -0.39 is 5.60 Å². The molecule has 0 radical (unpaired) electrons. The number of nitrogens with zero attached hydrogens (tertiary/aromatic N) is 3. The predicted molar refractivity (Wildman–Crippen MR) is 75.9 cm³/mol. The third-order valence-corrected chi connectivity index (χ3v) is 2.76. The van der Waals surface area contributed by atoms with Gasteiger partial charge in [-0.05, 0) is 27.3 Å². The molecule has 18 heavy (non-hydrogen) atoms. The third-order valence-electron chi connectivity index (χ3n) is 2.22. The molecule has 0 saturated carbocycles. The van der Waals surface area contributed by atoms with Crippen molar-refractivity contribution in [2.24, 2.45) is 0 Å². The smallest absolute Gasteiger partial charge is 0.191 e. The van der Waals surface area contributed by atoms with Gasteiger partial charge in [0.25, 0.3) is 0 Å². The van der Waals surface area contributed by atoms with Crippen LogP contribution in [0.15, 0.2) is 11.2 Å². The molecule has 0 spiro atoms. The molecule has 0 aliphatic rings. The van der Waals surface area contributed by atoms with Crippen LogP contribution in [0, 0.1) is 0 Å². The van der Waals surface area contributed by atoms with Crippen molar-refractivity contribution in [1.29, 1.82) is 0 Å². The van der Waals surface area contributed by atoms with Gasteiger partial charge in [0.05, 0.1) is 5.60 Å². The summed E-state index contributed by atoms with van der Waals surface area (Å²) in [4.78, 5) is 10.3. The lowest BCUT2D eigenvalue weighted by molar-refractivity contribution is 0.0459. The summed E-state index contributed by atoms with van der Waals surface area (Å²) in [6, 6.07) is 1.66. The molecule has 102 valence electrons. The van der Waals surface area contributed by atoms with Crippen molar-refractivity contribution in [3.05, 3.63) is 6.07 Å². The molecule has 1 unspecified atom stereocenters. The van der Waals surface area contributed by atoms with E-state index in [0.29, 0.717) is 29.9 Å². The van der Waals surface area contributed by atoms with E-state index in [4.69, 9.17) is 5.73 Å². The van der Waals surface area contributed by atoms with Crippen LogP contribution in [0.25, 0.3) is 0 Å². The van der Waals surface area contributed by atoms with Gasteiger partial charge in [-0.1, -0.05) is 11.8 Å². The SMILES string of the molecule is CSc1nc(N)cc(NCC(C)(O)CN(C)C)n1. The highest BCUT2D eigenvalue weighted by Crippen LogP contribution is 2.16. The van der Waals surface area contributed by atoms with Crippen LogP contribution >= 0.6 is 11.8 Å². The van der Waals surface area contributed by atoms with Crippen molar-refractivity contribution in [2.45, 2.75) is 17.7 Å². The van der Waals surface area contributed by atoms with E-state index in [9.17, 15) is 5.11 Å². The second kappa shape index (κ2) is 6.21. The van der Waals surface area contributed by atoms with E-state index in [2.05, 4.69) is 15.3 Å². The van der Waals surface area contributed by atoms with E-state index in [1.54, 1.807) is 13.0 Å². The Balaban J connectivity index is 2.65. The molecule has 0 aromatic carbocycles. The average molecular weight is 271 g/mol. The Kier molecular flexibility index (Phi) is 5.18. The van der Waals surface area contributed by atoms with Gasteiger partial charge in [0.2, 0.25) is 0 Å². The molecule has 0 aliphatic heterocycles. The molecule has 0 bridgehead atoms. The van der Waals surface area contributed by atoms with Crippen molar-refractivity contribution >= 4 is 23.4 Å². The van der Waals surface area contributed by atoms with Crippen molar-refractivity contribution in [3.63, 3.8) is 0 Å². The number of aliphatic hydroxyl groups is 1. The summed E-state index contributed by atoms with van der Waals surface area (Å²) in [6.07, 6.45) is 1.89. The normalized spacial score (nSPS) is 14.6. The quantitative estimate of drug-likeness (QED) is 0.513. The van der Waals surface area contributed by atoms with Crippen LogP contribution in [0.4, 0.5) is 11.6 Å². The zero-order valence-electron chi connectivity index (χ0n) is 11.3. The molecule has 1 aromatic heterocycles. The van der Waals surface area contributed by atoms with E-state index >= 15 is 0 Å². The van der Waals surface area contributed by atoms with Gasteiger partial charge in [-0.25, -0.2) is 9.97 Å². The van der Waals surface area contributed by atoms with Crippen molar-refractivity contribution in [3.8, 4) is 0 Å². The highest BCUT2D eigenvalue weighted by atomic mass is 32.2. The van der Waals surface area contributed by atoms with Crippen LogP contribution in [-0.4, -0.2) is 59.0 Å². The monoisotopic (exact) mass is 271 g/mol. The Hall–Kier alpha value is -1.05. The lowest BCUT2D eigenvalue weighted by Crippen LogP contribution is -2.43. The maximum Gasteiger partial charge on any atom is 0.191 e. The summed E-state index contributed by atoms with van der Waals surface area (Å²) in [7, 11) is 3.84. The molecule has 0 amide bonds. The fourth-order valence-electron chi connectivity index (χ4n) is 1.64. The number of hydrogen-bond donors (Lipinski definition) is 3. The third kappa shape index (κ3) is 5.07. The van der Waals surface area contributed by atoms with Crippen LogP contribution in [0.1, 0.15) is 6.92 Å². The number of nitrogen functional groups attached to an aromatic ring is 1. The average Bonchev–Trinajstić information content (AvgIpc) is 2.24. The number of rotatable bonds is 6. The number of nitrogens with two attached hydrogens (primary N) is 1.